The first-order valence-electron chi connectivity index (χ1n) is 11.7. The van der Waals surface area contributed by atoms with Crippen LogP contribution in [0.15, 0.2) is 47.1 Å². The van der Waals surface area contributed by atoms with Crippen LogP contribution in [0, 0.1) is 0 Å². The molecule has 2 aromatic carbocycles. The molecular formula is C28H35NO6. The van der Waals surface area contributed by atoms with Gasteiger partial charge in [0.05, 0.1) is 33.0 Å². The van der Waals surface area contributed by atoms with Crippen LogP contribution >= 0.6 is 0 Å². The number of carbonyl (C=O) groups is 1. The lowest BCUT2D eigenvalue weighted by Gasteiger charge is -2.30. The van der Waals surface area contributed by atoms with Crippen LogP contribution in [0.4, 0.5) is 0 Å². The minimum Gasteiger partial charge on any atom is -0.497 e. The quantitative estimate of drug-likeness (QED) is 0.237. The molecule has 3 aromatic rings. The van der Waals surface area contributed by atoms with Crippen molar-refractivity contribution in [1.82, 2.24) is 4.90 Å². The number of rotatable bonds is 12. The average Bonchev–Trinajstić information content (AvgIpc) is 3.33. The number of nitrogens with zero attached hydrogens (tertiary/aromatic N) is 1. The zero-order valence-electron chi connectivity index (χ0n) is 21.6. The SMILES string of the molecule is COc1ccc(/C=C/C(=O)c2c(OCCN(C(C)C)C(C)C)c(OC)c3occc3c2OC)cc1. The molecule has 0 unspecified atom stereocenters. The van der Waals surface area contributed by atoms with Gasteiger partial charge < -0.3 is 23.4 Å². The minimum atomic E-state index is -0.265. The standard InChI is InChI=1S/C28H35NO6/c1-18(2)29(19(3)4)15-17-35-27-24(23(30)13-10-20-8-11-21(31-5)12-9-20)25(32-6)22-14-16-34-26(22)28(27)33-7/h8-14,16,18-19H,15,17H2,1-7H3/b13-10+. The predicted octanol–water partition coefficient (Wildman–Crippen LogP) is 5.85. The maximum Gasteiger partial charge on any atom is 0.205 e. The molecule has 0 fully saturated rings. The Balaban J connectivity index is 2.02. The third kappa shape index (κ3) is 5.80. The molecule has 188 valence electrons. The van der Waals surface area contributed by atoms with E-state index in [-0.39, 0.29) is 5.78 Å². The van der Waals surface area contributed by atoms with Crippen molar-refractivity contribution in [3.63, 3.8) is 0 Å². The zero-order chi connectivity index (χ0) is 25.5. The minimum absolute atomic E-state index is 0.265. The monoisotopic (exact) mass is 481 g/mol. The van der Waals surface area contributed by atoms with Gasteiger partial charge in [0, 0.05) is 18.6 Å². The van der Waals surface area contributed by atoms with Gasteiger partial charge in [0.1, 0.15) is 23.7 Å². The summed E-state index contributed by atoms with van der Waals surface area (Å²) in [7, 11) is 4.68. The summed E-state index contributed by atoms with van der Waals surface area (Å²) < 4.78 is 28.5. The van der Waals surface area contributed by atoms with Gasteiger partial charge in [0.2, 0.25) is 5.75 Å². The summed E-state index contributed by atoms with van der Waals surface area (Å²) in [6.45, 7) is 9.65. The van der Waals surface area contributed by atoms with Crippen LogP contribution in [0.2, 0.25) is 0 Å². The highest BCUT2D eigenvalue weighted by molar-refractivity contribution is 6.15. The molecule has 1 heterocycles. The molecule has 7 nitrogen and oxygen atoms in total. The van der Waals surface area contributed by atoms with E-state index < -0.39 is 0 Å². The highest BCUT2D eigenvalue weighted by atomic mass is 16.5. The smallest absolute Gasteiger partial charge is 0.205 e. The summed E-state index contributed by atoms with van der Waals surface area (Å²) in [4.78, 5) is 15.8. The van der Waals surface area contributed by atoms with Gasteiger partial charge in [-0.2, -0.15) is 0 Å². The van der Waals surface area contributed by atoms with Crippen LogP contribution in [0.3, 0.4) is 0 Å². The summed E-state index contributed by atoms with van der Waals surface area (Å²) in [6, 6.07) is 9.91. The number of carbonyl (C=O) groups excluding carboxylic acids is 1. The van der Waals surface area contributed by atoms with E-state index in [1.165, 1.54) is 20.3 Å². The summed E-state index contributed by atoms with van der Waals surface area (Å²) in [5, 5.41) is 0.642. The second kappa shape index (κ2) is 11.8. The molecule has 7 heteroatoms. The molecule has 0 aliphatic rings. The molecule has 0 atom stereocenters. The molecule has 0 N–H and O–H groups in total. The molecule has 0 spiro atoms. The van der Waals surface area contributed by atoms with Gasteiger partial charge in [-0.1, -0.05) is 18.2 Å². The highest BCUT2D eigenvalue weighted by Crippen LogP contribution is 2.46. The van der Waals surface area contributed by atoms with E-state index in [9.17, 15) is 4.79 Å². The van der Waals surface area contributed by atoms with Crippen LogP contribution in [0.25, 0.3) is 17.0 Å². The molecular weight excluding hydrogens is 446 g/mol. The number of hydrogen-bond donors (Lipinski definition) is 0. The largest absolute Gasteiger partial charge is 0.497 e. The average molecular weight is 482 g/mol. The van der Waals surface area contributed by atoms with Gasteiger partial charge in [-0.3, -0.25) is 9.69 Å². The van der Waals surface area contributed by atoms with Crippen molar-refractivity contribution < 1.29 is 28.2 Å². The number of benzene rings is 2. The molecule has 0 saturated carbocycles. The Morgan fingerprint density at radius 1 is 0.914 bits per heavy atom. The topological polar surface area (TPSA) is 70.4 Å². The van der Waals surface area contributed by atoms with Crippen molar-refractivity contribution in [1.29, 1.82) is 0 Å². The van der Waals surface area contributed by atoms with E-state index in [4.69, 9.17) is 23.4 Å². The van der Waals surface area contributed by atoms with Crippen molar-refractivity contribution in [2.75, 3.05) is 34.5 Å². The lowest BCUT2D eigenvalue weighted by Crippen LogP contribution is -2.39. The fourth-order valence-electron chi connectivity index (χ4n) is 4.21. The second-order valence-corrected chi connectivity index (χ2v) is 8.68. The van der Waals surface area contributed by atoms with Gasteiger partial charge in [-0.15, -0.1) is 0 Å². The number of allylic oxidation sites excluding steroid dienone is 1. The number of ether oxygens (including phenoxy) is 4. The summed E-state index contributed by atoms with van der Waals surface area (Å²) >= 11 is 0. The highest BCUT2D eigenvalue weighted by Gasteiger charge is 2.28. The molecule has 0 aliphatic carbocycles. The van der Waals surface area contributed by atoms with Crippen molar-refractivity contribution in [2.45, 2.75) is 39.8 Å². The summed E-state index contributed by atoms with van der Waals surface area (Å²) in [5.74, 6) is 1.55. The van der Waals surface area contributed by atoms with Crippen molar-refractivity contribution >= 4 is 22.8 Å². The summed E-state index contributed by atoms with van der Waals surface area (Å²) in [5.41, 5.74) is 1.63. The van der Waals surface area contributed by atoms with Crippen LogP contribution in [-0.4, -0.2) is 57.2 Å². The van der Waals surface area contributed by atoms with Crippen LogP contribution in [0.1, 0.15) is 43.6 Å². The van der Waals surface area contributed by atoms with E-state index in [2.05, 4.69) is 32.6 Å². The lowest BCUT2D eigenvalue weighted by atomic mass is 10.0. The Hall–Kier alpha value is -3.45. The fourth-order valence-corrected chi connectivity index (χ4v) is 4.21. The molecule has 35 heavy (non-hydrogen) atoms. The molecule has 0 aliphatic heterocycles. The van der Waals surface area contributed by atoms with E-state index >= 15 is 0 Å². The number of methoxy groups -OCH3 is 3. The first kappa shape index (κ1) is 26.2. The fraction of sp³-hybridized carbons (Fsp3) is 0.393. The Labute approximate surface area is 207 Å². The van der Waals surface area contributed by atoms with Gasteiger partial charge in [0.15, 0.2) is 17.1 Å². The summed E-state index contributed by atoms with van der Waals surface area (Å²) in [6.07, 6.45) is 4.79. The van der Waals surface area contributed by atoms with Gasteiger partial charge in [-0.25, -0.2) is 0 Å². The Bertz CT molecular complexity index is 1150. The normalized spacial score (nSPS) is 11.7. The van der Waals surface area contributed by atoms with Gasteiger partial charge in [0.25, 0.3) is 0 Å². The maximum absolute atomic E-state index is 13.5. The Kier molecular flexibility index (Phi) is 8.82. The lowest BCUT2D eigenvalue weighted by molar-refractivity contribution is 0.103. The number of hydrogen-bond acceptors (Lipinski definition) is 7. The first-order chi connectivity index (χ1) is 16.8. The van der Waals surface area contributed by atoms with Crippen molar-refractivity contribution in [3.8, 4) is 23.0 Å². The number of fused-ring (bicyclic) bond motifs is 1. The first-order valence-corrected chi connectivity index (χ1v) is 11.7. The molecule has 0 amide bonds. The van der Waals surface area contributed by atoms with Crippen LogP contribution < -0.4 is 18.9 Å². The zero-order valence-corrected chi connectivity index (χ0v) is 21.6. The van der Waals surface area contributed by atoms with E-state index in [1.807, 2.05) is 24.3 Å². The molecule has 0 radical (unpaired) electrons. The molecule has 0 saturated heterocycles. The molecule has 0 bridgehead atoms. The number of furan rings is 1. The predicted molar refractivity (Wildman–Crippen MR) is 138 cm³/mol. The Morgan fingerprint density at radius 3 is 2.14 bits per heavy atom. The molecule has 3 rings (SSSR count). The maximum atomic E-state index is 13.5. The van der Waals surface area contributed by atoms with Crippen molar-refractivity contribution in [2.24, 2.45) is 0 Å². The molecule has 1 aromatic heterocycles. The second-order valence-electron chi connectivity index (χ2n) is 8.68. The van der Waals surface area contributed by atoms with E-state index in [0.29, 0.717) is 59.0 Å². The van der Waals surface area contributed by atoms with Gasteiger partial charge in [-0.05, 0) is 57.5 Å². The van der Waals surface area contributed by atoms with Crippen LogP contribution in [0.5, 0.6) is 23.0 Å². The third-order valence-corrected chi connectivity index (χ3v) is 5.90. The Morgan fingerprint density at radius 2 is 1.57 bits per heavy atom. The van der Waals surface area contributed by atoms with E-state index in [0.717, 1.165) is 11.3 Å². The van der Waals surface area contributed by atoms with Gasteiger partial charge >= 0.3 is 0 Å². The third-order valence-electron chi connectivity index (χ3n) is 5.90. The van der Waals surface area contributed by atoms with E-state index in [1.54, 1.807) is 25.5 Å². The van der Waals surface area contributed by atoms with Crippen molar-refractivity contribution in [3.05, 3.63) is 53.8 Å². The van der Waals surface area contributed by atoms with Crippen LogP contribution in [-0.2, 0) is 0 Å². The number of ketones is 1.